The number of hydrogen-bond donors (Lipinski definition) is 2. The molecule has 2 amide bonds. The minimum Gasteiger partial charge on any atom is -0.326 e. The van der Waals surface area contributed by atoms with Crippen LogP contribution in [0, 0.1) is 0 Å². The fourth-order valence-corrected chi connectivity index (χ4v) is 2.36. The van der Waals surface area contributed by atoms with Crippen LogP contribution >= 0.6 is 22.9 Å². The van der Waals surface area contributed by atoms with Crippen LogP contribution in [0.5, 0.6) is 0 Å². The van der Waals surface area contributed by atoms with E-state index in [1.165, 1.54) is 11.3 Å². The van der Waals surface area contributed by atoms with Gasteiger partial charge in [0.05, 0.1) is 11.3 Å². The van der Waals surface area contributed by atoms with Crippen molar-refractivity contribution in [3.8, 4) is 0 Å². The van der Waals surface area contributed by atoms with Crippen LogP contribution in [0.4, 0.5) is 5.69 Å². The van der Waals surface area contributed by atoms with Gasteiger partial charge < -0.3 is 5.32 Å². The first-order valence-corrected chi connectivity index (χ1v) is 7.73. The number of nitrogens with zero attached hydrogens (tertiary/aromatic N) is 1. The molecule has 0 fully saturated rings. The molecule has 0 aliphatic carbocycles. The zero-order valence-corrected chi connectivity index (χ0v) is 13.4. The molecular weight excluding hydrogens is 322 g/mol. The third kappa shape index (κ3) is 4.98. The van der Waals surface area contributed by atoms with E-state index in [0.29, 0.717) is 21.3 Å². The van der Waals surface area contributed by atoms with Crippen molar-refractivity contribution in [1.29, 1.82) is 0 Å². The van der Waals surface area contributed by atoms with Crippen LogP contribution in [0.1, 0.15) is 23.0 Å². The van der Waals surface area contributed by atoms with E-state index in [-0.39, 0.29) is 18.2 Å². The Morgan fingerprint density at radius 3 is 2.59 bits per heavy atom. The molecule has 5 nitrogen and oxygen atoms in total. The van der Waals surface area contributed by atoms with Crippen LogP contribution in [0.3, 0.4) is 0 Å². The molecule has 0 saturated carbocycles. The smallest absolute Gasteiger partial charge is 0.281 e. The van der Waals surface area contributed by atoms with E-state index in [4.69, 9.17) is 11.6 Å². The Kier molecular flexibility index (Phi) is 5.68. The first kappa shape index (κ1) is 16.2. The summed E-state index contributed by atoms with van der Waals surface area (Å²) in [6, 6.07) is 10.3. The molecule has 0 bridgehead atoms. The maximum atomic E-state index is 11.8. The van der Waals surface area contributed by atoms with Crippen LogP contribution in [0.2, 0.25) is 5.02 Å². The summed E-state index contributed by atoms with van der Waals surface area (Å²) in [6.07, 6.45) is 0.0906. The molecule has 2 aromatic rings. The molecule has 0 saturated heterocycles. The lowest BCUT2D eigenvalue weighted by Gasteiger charge is -2.05. The van der Waals surface area contributed by atoms with Crippen LogP contribution in [-0.4, -0.2) is 17.5 Å². The maximum Gasteiger partial charge on any atom is 0.281 e. The highest BCUT2D eigenvalue weighted by Gasteiger charge is 2.07. The fourth-order valence-electron chi connectivity index (χ4n) is 1.62. The number of halogens is 1. The van der Waals surface area contributed by atoms with Gasteiger partial charge in [-0.2, -0.15) is 5.10 Å². The summed E-state index contributed by atoms with van der Waals surface area (Å²) in [5, 5.41) is 9.06. The number of benzene rings is 1. The highest BCUT2D eigenvalue weighted by molar-refractivity contribution is 7.12. The molecule has 0 spiro atoms. The summed E-state index contributed by atoms with van der Waals surface area (Å²) in [5.41, 5.74) is 3.59. The number of hydrogen-bond acceptors (Lipinski definition) is 4. The van der Waals surface area contributed by atoms with Gasteiger partial charge in [-0.3, -0.25) is 9.59 Å². The van der Waals surface area contributed by atoms with Crippen molar-refractivity contribution in [3.05, 3.63) is 51.7 Å². The number of hydrazone groups is 1. The third-order valence-electron chi connectivity index (χ3n) is 2.64. The molecule has 7 heteroatoms. The second-order valence-corrected chi connectivity index (χ2v) is 5.88. The SMILES string of the molecule is C/C(CC(=O)Nc1ccc(Cl)cc1)=N\NC(=O)c1cccs1. The lowest BCUT2D eigenvalue weighted by molar-refractivity contribution is -0.115. The summed E-state index contributed by atoms with van der Waals surface area (Å²) in [6.45, 7) is 1.68. The average molecular weight is 336 g/mol. The second kappa shape index (κ2) is 7.72. The Hall–Kier alpha value is -2.18. The number of nitrogens with one attached hydrogen (secondary N) is 2. The van der Waals surface area contributed by atoms with Gasteiger partial charge in [0.25, 0.3) is 5.91 Å². The topological polar surface area (TPSA) is 70.6 Å². The molecule has 2 N–H and O–H groups in total. The van der Waals surface area contributed by atoms with Crippen molar-refractivity contribution in [2.24, 2.45) is 5.10 Å². The second-order valence-electron chi connectivity index (χ2n) is 4.50. The highest BCUT2D eigenvalue weighted by atomic mass is 35.5. The lowest BCUT2D eigenvalue weighted by Crippen LogP contribution is -2.20. The molecule has 0 aliphatic rings. The van der Waals surface area contributed by atoms with E-state index >= 15 is 0 Å². The van der Waals surface area contributed by atoms with Gasteiger partial charge >= 0.3 is 0 Å². The zero-order chi connectivity index (χ0) is 15.9. The highest BCUT2D eigenvalue weighted by Crippen LogP contribution is 2.13. The van der Waals surface area contributed by atoms with E-state index < -0.39 is 0 Å². The van der Waals surface area contributed by atoms with Crippen molar-refractivity contribution >= 4 is 46.2 Å². The maximum absolute atomic E-state index is 11.8. The van der Waals surface area contributed by atoms with Crippen molar-refractivity contribution in [1.82, 2.24) is 5.43 Å². The predicted octanol–water partition coefficient (Wildman–Crippen LogP) is 3.54. The minimum absolute atomic E-state index is 0.0906. The number of carbonyl (C=O) groups excluding carboxylic acids is 2. The van der Waals surface area contributed by atoms with E-state index in [1.54, 1.807) is 43.3 Å². The van der Waals surface area contributed by atoms with Gasteiger partial charge in [0, 0.05) is 16.4 Å². The molecule has 114 valence electrons. The number of thiophene rings is 1. The summed E-state index contributed by atoms with van der Waals surface area (Å²) in [5.74, 6) is -0.499. The van der Waals surface area contributed by atoms with Crippen LogP contribution < -0.4 is 10.7 Å². The van der Waals surface area contributed by atoms with E-state index in [0.717, 1.165) is 0 Å². The summed E-state index contributed by atoms with van der Waals surface area (Å²) in [4.78, 5) is 24.1. The van der Waals surface area contributed by atoms with Crippen LogP contribution in [-0.2, 0) is 4.79 Å². The molecule has 1 aromatic carbocycles. The molecular formula is C15H14ClN3O2S. The van der Waals surface area contributed by atoms with Gasteiger partial charge in [-0.1, -0.05) is 17.7 Å². The van der Waals surface area contributed by atoms with Crippen LogP contribution in [0.15, 0.2) is 46.9 Å². The first-order valence-electron chi connectivity index (χ1n) is 6.47. The minimum atomic E-state index is -0.285. The zero-order valence-electron chi connectivity index (χ0n) is 11.8. The fraction of sp³-hybridized carbons (Fsp3) is 0.133. The largest absolute Gasteiger partial charge is 0.326 e. The molecule has 2 rings (SSSR count). The molecule has 1 aromatic heterocycles. The number of rotatable bonds is 5. The van der Waals surface area contributed by atoms with Gasteiger partial charge in [-0.25, -0.2) is 5.43 Å². The van der Waals surface area contributed by atoms with Gasteiger partial charge in [0.15, 0.2) is 0 Å². The third-order valence-corrected chi connectivity index (χ3v) is 3.76. The quantitative estimate of drug-likeness (QED) is 0.648. The van der Waals surface area contributed by atoms with Crippen molar-refractivity contribution in [2.45, 2.75) is 13.3 Å². The number of amides is 2. The summed E-state index contributed by atoms with van der Waals surface area (Å²) in [7, 11) is 0. The first-order chi connectivity index (χ1) is 10.5. The molecule has 0 atom stereocenters. The Labute approximate surface area is 137 Å². The average Bonchev–Trinajstić information content (AvgIpc) is 3.01. The van der Waals surface area contributed by atoms with Crippen molar-refractivity contribution < 1.29 is 9.59 Å². The normalized spacial score (nSPS) is 11.1. The summed E-state index contributed by atoms with van der Waals surface area (Å²) >= 11 is 7.10. The molecule has 0 aliphatic heterocycles. The van der Waals surface area contributed by atoms with E-state index in [2.05, 4.69) is 15.8 Å². The number of anilines is 1. The van der Waals surface area contributed by atoms with E-state index in [1.807, 2.05) is 5.38 Å². The van der Waals surface area contributed by atoms with Crippen molar-refractivity contribution in [3.63, 3.8) is 0 Å². The van der Waals surface area contributed by atoms with Gasteiger partial charge in [-0.05, 0) is 42.6 Å². The Bertz CT molecular complexity index is 681. The Balaban J connectivity index is 1.84. The lowest BCUT2D eigenvalue weighted by atomic mass is 10.2. The Morgan fingerprint density at radius 1 is 1.23 bits per heavy atom. The van der Waals surface area contributed by atoms with Crippen LogP contribution in [0.25, 0.3) is 0 Å². The molecule has 0 radical (unpaired) electrons. The Morgan fingerprint density at radius 2 is 1.95 bits per heavy atom. The number of carbonyl (C=O) groups is 2. The molecule has 0 unspecified atom stereocenters. The van der Waals surface area contributed by atoms with E-state index in [9.17, 15) is 9.59 Å². The predicted molar refractivity (Wildman–Crippen MR) is 89.6 cm³/mol. The van der Waals surface area contributed by atoms with Gasteiger partial charge in [-0.15, -0.1) is 11.3 Å². The molecule has 1 heterocycles. The van der Waals surface area contributed by atoms with Gasteiger partial charge in [0.1, 0.15) is 0 Å². The van der Waals surface area contributed by atoms with Gasteiger partial charge in [0.2, 0.25) is 5.91 Å². The standard InChI is InChI=1S/C15H14ClN3O2S/c1-10(18-19-15(21)13-3-2-8-22-13)9-14(20)17-12-6-4-11(16)5-7-12/h2-8H,9H2,1H3,(H,17,20)(H,19,21)/b18-10+. The van der Waals surface area contributed by atoms with Crippen molar-refractivity contribution in [2.75, 3.05) is 5.32 Å². The monoisotopic (exact) mass is 335 g/mol. The summed E-state index contributed by atoms with van der Waals surface area (Å²) < 4.78 is 0. The molecule has 22 heavy (non-hydrogen) atoms.